The molecule has 1 atom stereocenters. The van der Waals surface area contributed by atoms with Gasteiger partial charge in [0.05, 0.1) is 0 Å². The summed E-state index contributed by atoms with van der Waals surface area (Å²) in [4.78, 5) is 16.6. The fourth-order valence-electron chi connectivity index (χ4n) is 2.99. The monoisotopic (exact) mass is 367 g/mol. The minimum atomic E-state index is 0.0828. The Morgan fingerprint density at radius 3 is 2.95 bits per heavy atom. The molecule has 100 valence electrons. The van der Waals surface area contributed by atoms with Crippen molar-refractivity contribution in [3.63, 3.8) is 0 Å². The summed E-state index contributed by atoms with van der Waals surface area (Å²) in [6.07, 6.45) is 14.8. The number of hydrogen-bond acceptors (Lipinski definition) is 2. The number of imidazole rings is 1. The van der Waals surface area contributed by atoms with Crippen LogP contribution >= 0.6 is 0 Å². The second-order valence-corrected chi connectivity index (χ2v) is 8.74. The van der Waals surface area contributed by atoms with Crippen LogP contribution in [0.25, 0.3) is 0 Å². The SMILES string of the molecule is O=C(c1cncn1C1(C2=CC=CCC2)CC1)C1C[I-]1. The number of halogens is 1. The number of allylic oxidation sites excluding steroid dienone is 4. The summed E-state index contributed by atoms with van der Waals surface area (Å²) >= 11 is 0.166. The Morgan fingerprint density at radius 1 is 1.47 bits per heavy atom. The molecule has 2 fully saturated rings. The normalized spacial score (nSPS) is 27.4. The van der Waals surface area contributed by atoms with Crippen molar-refractivity contribution in [1.82, 2.24) is 9.55 Å². The Kier molecular flexibility index (Phi) is 2.69. The van der Waals surface area contributed by atoms with E-state index >= 15 is 0 Å². The van der Waals surface area contributed by atoms with Crippen molar-refractivity contribution in [2.45, 2.75) is 35.1 Å². The predicted molar refractivity (Wildman–Crippen MR) is 68.9 cm³/mol. The number of aromatic nitrogens is 2. The van der Waals surface area contributed by atoms with E-state index in [2.05, 4.69) is 27.8 Å². The van der Waals surface area contributed by atoms with Gasteiger partial charge in [0.25, 0.3) is 0 Å². The third-order valence-corrected chi connectivity index (χ3v) is 6.61. The van der Waals surface area contributed by atoms with E-state index in [1.54, 1.807) is 6.20 Å². The quantitative estimate of drug-likeness (QED) is 0.401. The van der Waals surface area contributed by atoms with Crippen LogP contribution in [0.3, 0.4) is 0 Å². The Hall–Kier alpha value is -0.910. The molecule has 1 aliphatic heterocycles. The van der Waals surface area contributed by atoms with E-state index in [0.29, 0.717) is 9.71 Å². The maximum atomic E-state index is 12.4. The van der Waals surface area contributed by atoms with Gasteiger partial charge in [0.1, 0.15) is 0 Å². The average Bonchev–Trinajstić information content (AvgIpc) is 3.37. The van der Waals surface area contributed by atoms with Crippen molar-refractivity contribution < 1.29 is 26.0 Å². The number of nitrogens with zero attached hydrogens (tertiary/aromatic N) is 2. The number of Topliss-reactive ketones (excluding diaryl/α,β-unsaturated/α-hetero) is 1. The van der Waals surface area contributed by atoms with Gasteiger partial charge in [0, 0.05) is 0 Å². The van der Waals surface area contributed by atoms with Gasteiger partial charge in [-0.2, -0.15) is 0 Å². The van der Waals surface area contributed by atoms with Crippen LogP contribution in [-0.4, -0.2) is 23.7 Å². The molecular formula is C15H16IN2O-. The summed E-state index contributed by atoms with van der Waals surface area (Å²) < 4.78 is 3.73. The number of carbonyl (C=O) groups is 1. The van der Waals surface area contributed by atoms with Gasteiger partial charge in [-0.3, -0.25) is 0 Å². The van der Waals surface area contributed by atoms with Crippen LogP contribution in [0.5, 0.6) is 0 Å². The first kappa shape index (κ1) is 11.9. The molecule has 1 unspecified atom stereocenters. The minimum absolute atomic E-state index is 0.0828. The summed E-state index contributed by atoms with van der Waals surface area (Å²) in [7, 11) is 0. The summed E-state index contributed by atoms with van der Waals surface area (Å²) in [5.74, 6) is 0.350. The van der Waals surface area contributed by atoms with Gasteiger partial charge in [-0.1, -0.05) is 0 Å². The van der Waals surface area contributed by atoms with Crippen molar-refractivity contribution in [1.29, 1.82) is 0 Å². The van der Waals surface area contributed by atoms with Gasteiger partial charge in [-0.15, -0.1) is 0 Å². The van der Waals surface area contributed by atoms with E-state index in [9.17, 15) is 4.79 Å². The van der Waals surface area contributed by atoms with Crippen LogP contribution in [0, 0.1) is 0 Å². The van der Waals surface area contributed by atoms with Gasteiger partial charge in [0.15, 0.2) is 0 Å². The molecule has 0 N–H and O–H groups in total. The van der Waals surface area contributed by atoms with Crippen LogP contribution in [-0.2, 0) is 5.54 Å². The standard InChI is InChI=1S/C15H16IN2O/c19-14(12-8-16-12)13-9-17-10-18(13)15(6-7-15)11-4-2-1-3-5-11/h1-2,4,9-10,12H,3,5-8H2/q-1. The van der Waals surface area contributed by atoms with Gasteiger partial charge < -0.3 is 0 Å². The first-order valence-electron chi connectivity index (χ1n) is 6.82. The topological polar surface area (TPSA) is 34.9 Å². The Bertz CT molecular complexity index is 591. The van der Waals surface area contributed by atoms with E-state index in [-0.39, 0.29) is 26.7 Å². The summed E-state index contributed by atoms with van der Waals surface area (Å²) in [6.45, 7) is 0. The van der Waals surface area contributed by atoms with Crippen molar-refractivity contribution >= 4 is 5.78 Å². The molecule has 2 aliphatic carbocycles. The fourth-order valence-corrected chi connectivity index (χ4v) is 4.36. The molecule has 19 heavy (non-hydrogen) atoms. The number of hydrogen-bond donors (Lipinski definition) is 0. The van der Waals surface area contributed by atoms with Crippen LogP contribution in [0.15, 0.2) is 36.3 Å². The summed E-state index contributed by atoms with van der Waals surface area (Å²) in [5, 5.41) is 0. The van der Waals surface area contributed by atoms with E-state index in [4.69, 9.17) is 0 Å². The molecule has 0 aromatic carbocycles. The van der Waals surface area contributed by atoms with Crippen LogP contribution in [0.2, 0.25) is 0 Å². The molecule has 3 aliphatic rings. The molecule has 1 aromatic heterocycles. The third-order valence-electron chi connectivity index (χ3n) is 4.28. The summed E-state index contributed by atoms with van der Waals surface area (Å²) in [6, 6.07) is 0. The summed E-state index contributed by atoms with van der Waals surface area (Å²) in [5.41, 5.74) is 2.42. The average molecular weight is 367 g/mol. The van der Waals surface area contributed by atoms with Gasteiger partial charge >= 0.3 is 123 Å². The molecule has 4 rings (SSSR count). The third kappa shape index (κ3) is 1.91. The predicted octanol–water partition coefficient (Wildman–Crippen LogP) is -0.697. The van der Waals surface area contributed by atoms with Crippen LogP contribution < -0.4 is 21.2 Å². The molecule has 0 radical (unpaired) electrons. The Morgan fingerprint density at radius 2 is 2.32 bits per heavy atom. The Balaban J connectivity index is 1.72. The molecule has 4 heteroatoms. The second-order valence-electron chi connectivity index (χ2n) is 5.48. The van der Waals surface area contributed by atoms with Crippen molar-refractivity contribution in [3.8, 4) is 0 Å². The van der Waals surface area contributed by atoms with Gasteiger partial charge in [-0.05, 0) is 0 Å². The van der Waals surface area contributed by atoms with E-state index in [0.717, 1.165) is 31.4 Å². The van der Waals surface area contributed by atoms with Crippen molar-refractivity contribution in [3.05, 3.63) is 42.0 Å². The first-order valence-corrected chi connectivity index (χ1v) is 9.59. The zero-order valence-corrected chi connectivity index (χ0v) is 12.8. The molecule has 1 saturated carbocycles. The molecule has 0 amide bonds. The zero-order valence-electron chi connectivity index (χ0n) is 10.7. The van der Waals surface area contributed by atoms with Crippen LogP contribution in [0.4, 0.5) is 0 Å². The zero-order chi connectivity index (χ0) is 12.9. The molecule has 0 spiro atoms. The van der Waals surface area contributed by atoms with Gasteiger partial charge in [0.2, 0.25) is 0 Å². The van der Waals surface area contributed by atoms with E-state index in [1.807, 2.05) is 6.33 Å². The second kappa shape index (κ2) is 4.30. The maximum absolute atomic E-state index is 12.4. The number of alkyl halides is 2. The van der Waals surface area contributed by atoms with Crippen LogP contribution in [0.1, 0.15) is 36.2 Å². The van der Waals surface area contributed by atoms with Crippen molar-refractivity contribution in [2.24, 2.45) is 0 Å². The van der Waals surface area contributed by atoms with Gasteiger partial charge in [-0.25, -0.2) is 0 Å². The van der Waals surface area contributed by atoms with Crippen molar-refractivity contribution in [2.75, 3.05) is 4.43 Å². The molecule has 1 saturated heterocycles. The number of carbonyl (C=O) groups excluding carboxylic acids is 1. The van der Waals surface area contributed by atoms with E-state index < -0.39 is 0 Å². The molecular weight excluding hydrogens is 351 g/mol. The first-order chi connectivity index (χ1) is 9.31. The molecule has 3 nitrogen and oxygen atoms in total. The Labute approximate surface area is 123 Å². The number of rotatable bonds is 4. The fraction of sp³-hybridized carbons (Fsp3) is 0.467. The number of ketones is 1. The van der Waals surface area contributed by atoms with E-state index in [1.165, 1.54) is 10.0 Å². The molecule has 2 heterocycles. The molecule has 0 bridgehead atoms. The molecule has 1 aromatic rings.